The van der Waals surface area contributed by atoms with E-state index >= 15 is 0 Å². The zero-order valence-corrected chi connectivity index (χ0v) is 14.1. The standard InChI is InChI=1S/C19H27N3O/c1-15-4-2-5-17(20-15)13-22-11-9-19(18(22)23)8-3-10-21(14-19)12-16-6-7-16/h2,4-5,16H,3,6-14H2,1H3. The normalized spacial score (nSPS) is 28.7. The number of carbonyl (C=O) groups is 1. The molecule has 0 bridgehead atoms. The SMILES string of the molecule is Cc1cccc(CN2CCC3(CCCN(CC4CC4)C3)C2=O)n1. The topological polar surface area (TPSA) is 36.4 Å². The number of aromatic nitrogens is 1. The van der Waals surface area contributed by atoms with E-state index in [4.69, 9.17) is 0 Å². The van der Waals surface area contributed by atoms with Crippen molar-refractivity contribution in [3.63, 3.8) is 0 Å². The summed E-state index contributed by atoms with van der Waals surface area (Å²) in [7, 11) is 0. The average Bonchev–Trinajstić information content (AvgIpc) is 3.30. The number of rotatable bonds is 4. The van der Waals surface area contributed by atoms with Gasteiger partial charge in [-0.3, -0.25) is 9.78 Å². The summed E-state index contributed by atoms with van der Waals surface area (Å²) in [5.41, 5.74) is 1.94. The summed E-state index contributed by atoms with van der Waals surface area (Å²) in [6.07, 6.45) is 6.06. The van der Waals surface area contributed by atoms with Gasteiger partial charge in [-0.15, -0.1) is 0 Å². The van der Waals surface area contributed by atoms with Crippen LogP contribution in [0.1, 0.15) is 43.5 Å². The van der Waals surface area contributed by atoms with Gasteiger partial charge in [0.2, 0.25) is 5.91 Å². The molecule has 0 N–H and O–H groups in total. The van der Waals surface area contributed by atoms with Crippen LogP contribution in [0, 0.1) is 18.3 Å². The van der Waals surface area contributed by atoms with Crippen molar-refractivity contribution in [1.29, 1.82) is 0 Å². The monoisotopic (exact) mass is 313 g/mol. The Hall–Kier alpha value is -1.42. The van der Waals surface area contributed by atoms with Crippen LogP contribution in [0.2, 0.25) is 0 Å². The van der Waals surface area contributed by atoms with Crippen molar-refractivity contribution in [3.8, 4) is 0 Å². The van der Waals surface area contributed by atoms with Crippen molar-refractivity contribution in [3.05, 3.63) is 29.6 Å². The van der Waals surface area contributed by atoms with Crippen LogP contribution in [0.4, 0.5) is 0 Å². The number of piperidine rings is 1. The van der Waals surface area contributed by atoms with Crippen LogP contribution in [0.15, 0.2) is 18.2 Å². The van der Waals surface area contributed by atoms with Crippen molar-refractivity contribution < 1.29 is 4.79 Å². The molecule has 1 atom stereocenters. The molecule has 0 aromatic carbocycles. The summed E-state index contributed by atoms with van der Waals surface area (Å²) in [6.45, 7) is 6.96. The minimum Gasteiger partial charge on any atom is -0.336 e. The third-order valence-corrected chi connectivity index (χ3v) is 5.77. The maximum Gasteiger partial charge on any atom is 0.230 e. The van der Waals surface area contributed by atoms with Gasteiger partial charge in [-0.1, -0.05) is 6.07 Å². The second kappa shape index (κ2) is 5.90. The summed E-state index contributed by atoms with van der Waals surface area (Å²) in [5.74, 6) is 1.29. The molecule has 1 saturated carbocycles. The minimum atomic E-state index is -0.100. The third kappa shape index (κ3) is 3.14. The van der Waals surface area contributed by atoms with Crippen LogP contribution < -0.4 is 0 Å². The van der Waals surface area contributed by atoms with E-state index in [2.05, 4.69) is 9.88 Å². The van der Waals surface area contributed by atoms with Crippen LogP contribution in [-0.2, 0) is 11.3 Å². The van der Waals surface area contributed by atoms with Gasteiger partial charge >= 0.3 is 0 Å². The average molecular weight is 313 g/mol. The fraction of sp³-hybridized carbons (Fsp3) is 0.684. The number of pyridine rings is 1. The smallest absolute Gasteiger partial charge is 0.230 e. The molecule has 4 rings (SSSR count). The van der Waals surface area contributed by atoms with Crippen molar-refractivity contribution >= 4 is 5.91 Å². The molecular weight excluding hydrogens is 286 g/mol. The highest BCUT2D eigenvalue weighted by atomic mass is 16.2. The molecule has 1 spiro atoms. The second-order valence-electron chi connectivity index (χ2n) is 7.81. The van der Waals surface area contributed by atoms with Gasteiger partial charge in [0.15, 0.2) is 0 Å². The van der Waals surface area contributed by atoms with Crippen LogP contribution in [0.5, 0.6) is 0 Å². The molecule has 1 aliphatic carbocycles. The molecule has 4 nitrogen and oxygen atoms in total. The summed E-state index contributed by atoms with van der Waals surface area (Å²) in [5, 5.41) is 0. The number of carbonyl (C=O) groups excluding carboxylic acids is 1. The van der Waals surface area contributed by atoms with E-state index in [0.717, 1.165) is 43.2 Å². The van der Waals surface area contributed by atoms with Gasteiger partial charge in [0.05, 0.1) is 17.7 Å². The van der Waals surface area contributed by atoms with Crippen LogP contribution in [-0.4, -0.2) is 46.9 Å². The highest BCUT2D eigenvalue weighted by Gasteiger charge is 2.49. The number of hydrogen-bond acceptors (Lipinski definition) is 3. The largest absolute Gasteiger partial charge is 0.336 e. The van der Waals surface area contributed by atoms with E-state index in [9.17, 15) is 4.79 Å². The van der Waals surface area contributed by atoms with Gasteiger partial charge in [-0.2, -0.15) is 0 Å². The van der Waals surface area contributed by atoms with Crippen molar-refractivity contribution in [2.24, 2.45) is 11.3 Å². The lowest BCUT2D eigenvalue weighted by Gasteiger charge is -2.39. The molecular formula is C19H27N3O. The first kappa shape index (κ1) is 15.1. The van der Waals surface area contributed by atoms with Crippen molar-refractivity contribution in [2.75, 3.05) is 26.2 Å². The van der Waals surface area contributed by atoms with Gasteiger partial charge in [0, 0.05) is 25.3 Å². The highest BCUT2D eigenvalue weighted by molar-refractivity contribution is 5.85. The first-order valence-electron chi connectivity index (χ1n) is 9.09. The quantitative estimate of drug-likeness (QED) is 0.857. The maximum absolute atomic E-state index is 13.1. The fourth-order valence-corrected chi connectivity index (χ4v) is 4.35. The molecule has 3 aliphatic rings. The lowest BCUT2D eigenvalue weighted by atomic mass is 9.78. The molecule has 3 fully saturated rings. The molecule has 1 aromatic rings. The van der Waals surface area contributed by atoms with Gasteiger partial charge in [-0.05, 0) is 63.6 Å². The Bertz CT molecular complexity index is 598. The van der Waals surface area contributed by atoms with E-state index < -0.39 is 0 Å². The fourth-order valence-electron chi connectivity index (χ4n) is 4.35. The van der Waals surface area contributed by atoms with E-state index in [1.54, 1.807) is 0 Å². The van der Waals surface area contributed by atoms with Crippen LogP contribution >= 0.6 is 0 Å². The van der Waals surface area contributed by atoms with Gasteiger partial charge in [0.1, 0.15) is 0 Å². The van der Waals surface area contributed by atoms with Gasteiger partial charge in [0.25, 0.3) is 0 Å². The molecule has 3 heterocycles. The number of likely N-dealkylation sites (tertiary alicyclic amines) is 2. The van der Waals surface area contributed by atoms with Crippen molar-refractivity contribution in [1.82, 2.24) is 14.8 Å². The second-order valence-corrected chi connectivity index (χ2v) is 7.81. The van der Waals surface area contributed by atoms with E-state index in [1.165, 1.54) is 32.4 Å². The van der Waals surface area contributed by atoms with E-state index in [0.29, 0.717) is 12.5 Å². The predicted molar refractivity (Wildman–Crippen MR) is 89.8 cm³/mol. The Morgan fingerprint density at radius 1 is 1.26 bits per heavy atom. The molecule has 0 radical (unpaired) electrons. The zero-order valence-electron chi connectivity index (χ0n) is 14.1. The number of hydrogen-bond donors (Lipinski definition) is 0. The summed E-state index contributed by atoms with van der Waals surface area (Å²) in [6, 6.07) is 6.07. The van der Waals surface area contributed by atoms with Crippen LogP contribution in [0.25, 0.3) is 0 Å². The summed E-state index contributed by atoms with van der Waals surface area (Å²) < 4.78 is 0. The number of amides is 1. The molecule has 1 unspecified atom stereocenters. The lowest BCUT2D eigenvalue weighted by Crippen LogP contribution is -2.48. The van der Waals surface area contributed by atoms with Crippen LogP contribution in [0.3, 0.4) is 0 Å². The Morgan fingerprint density at radius 3 is 2.91 bits per heavy atom. The van der Waals surface area contributed by atoms with E-state index in [-0.39, 0.29) is 5.41 Å². The maximum atomic E-state index is 13.1. The molecule has 4 heteroatoms. The summed E-state index contributed by atoms with van der Waals surface area (Å²) >= 11 is 0. The van der Waals surface area contributed by atoms with Crippen molar-refractivity contribution in [2.45, 2.75) is 45.6 Å². The zero-order chi connectivity index (χ0) is 15.9. The van der Waals surface area contributed by atoms with Gasteiger partial charge < -0.3 is 9.80 Å². The lowest BCUT2D eigenvalue weighted by molar-refractivity contribution is -0.139. The first-order valence-corrected chi connectivity index (χ1v) is 9.09. The molecule has 23 heavy (non-hydrogen) atoms. The third-order valence-electron chi connectivity index (χ3n) is 5.77. The minimum absolute atomic E-state index is 0.100. The molecule has 2 aliphatic heterocycles. The molecule has 124 valence electrons. The number of aryl methyl sites for hydroxylation is 1. The molecule has 1 aromatic heterocycles. The Labute approximate surface area is 138 Å². The molecule has 1 amide bonds. The predicted octanol–water partition coefficient (Wildman–Crippen LogP) is 2.61. The highest BCUT2D eigenvalue weighted by Crippen LogP contribution is 2.41. The Morgan fingerprint density at radius 2 is 2.13 bits per heavy atom. The Kier molecular flexibility index (Phi) is 3.88. The number of nitrogens with zero attached hydrogens (tertiary/aromatic N) is 3. The molecule has 2 saturated heterocycles. The summed E-state index contributed by atoms with van der Waals surface area (Å²) in [4.78, 5) is 22.3. The van der Waals surface area contributed by atoms with E-state index in [1.807, 2.05) is 30.0 Å². The Balaban J connectivity index is 1.43. The first-order chi connectivity index (χ1) is 11.1. The van der Waals surface area contributed by atoms with Gasteiger partial charge in [-0.25, -0.2) is 0 Å².